The van der Waals surface area contributed by atoms with Crippen LogP contribution in [0, 0.1) is 18.6 Å². The van der Waals surface area contributed by atoms with Crippen LogP contribution in [0.4, 0.5) is 8.78 Å². The number of sulfonamides is 1. The molecule has 0 atom stereocenters. The molecule has 0 N–H and O–H groups in total. The molecular weight excluding hydrogens is 290 g/mol. The zero-order valence-corrected chi connectivity index (χ0v) is 11.6. The van der Waals surface area contributed by atoms with E-state index in [1.54, 1.807) is 13.0 Å². The second-order valence-corrected chi connectivity index (χ2v) is 6.28. The highest BCUT2D eigenvalue weighted by Gasteiger charge is 2.26. The maximum Gasteiger partial charge on any atom is 0.246 e. The summed E-state index contributed by atoms with van der Waals surface area (Å²) in [7, 11) is -2.89. The van der Waals surface area contributed by atoms with E-state index in [4.69, 9.17) is 4.52 Å². The van der Waals surface area contributed by atoms with Crippen LogP contribution in [0.15, 0.2) is 33.7 Å². The Kier molecular flexibility index (Phi) is 3.87. The standard InChI is InChI=1S/C12H12F2N2O3S/c1-8-5-10(15-19-8)7-16(2)20(17,18)12-6-9(13)3-4-11(12)14/h3-6H,7H2,1-2H3. The molecule has 0 radical (unpaired) electrons. The van der Waals surface area contributed by atoms with Crippen LogP contribution in [-0.2, 0) is 16.6 Å². The molecule has 0 bridgehead atoms. The fourth-order valence-corrected chi connectivity index (χ4v) is 2.86. The van der Waals surface area contributed by atoms with Gasteiger partial charge in [0.1, 0.15) is 22.3 Å². The molecule has 0 aliphatic heterocycles. The summed E-state index contributed by atoms with van der Waals surface area (Å²) >= 11 is 0. The molecular formula is C12H12F2N2O3S. The molecule has 5 nitrogen and oxygen atoms in total. The maximum absolute atomic E-state index is 13.6. The van der Waals surface area contributed by atoms with Crippen molar-refractivity contribution in [2.75, 3.05) is 7.05 Å². The number of benzene rings is 1. The second kappa shape index (κ2) is 5.29. The van der Waals surface area contributed by atoms with Crippen molar-refractivity contribution < 1.29 is 21.7 Å². The third kappa shape index (κ3) is 2.86. The van der Waals surface area contributed by atoms with Gasteiger partial charge in [0.05, 0.1) is 12.2 Å². The zero-order chi connectivity index (χ0) is 14.9. The second-order valence-electron chi connectivity index (χ2n) is 4.26. The summed E-state index contributed by atoms with van der Waals surface area (Å²) in [4.78, 5) is -0.708. The monoisotopic (exact) mass is 302 g/mol. The third-order valence-corrected chi connectivity index (χ3v) is 4.46. The molecule has 0 amide bonds. The summed E-state index contributed by atoms with van der Waals surface area (Å²) in [6.07, 6.45) is 0. The lowest BCUT2D eigenvalue weighted by Gasteiger charge is -2.16. The molecule has 0 saturated carbocycles. The van der Waals surface area contributed by atoms with Gasteiger partial charge >= 0.3 is 0 Å². The van der Waals surface area contributed by atoms with Crippen LogP contribution in [0.5, 0.6) is 0 Å². The van der Waals surface area contributed by atoms with Crippen LogP contribution in [0.1, 0.15) is 11.5 Å². The maximum atomic E-state index is 13.6. The molecule has 0 saturated heterocycles. The van der Waals surface area contributed by atoms with E-state index in [-0.39, 0.29) is 6.54 Å². The minimum Gasteiger partial charge on any atom is -0.361 e. The van der Waals surface area contributed by atoms with Gasteiger partial charge in [-0.1, -0.05) is 5.16 Å². The summed E-state index contributed by atoms with van der Waals surface area (Å²) in [6.45, 7) is 1.56. The van der Waals surface area contributed by atoms with E-state index in [1.165, 1.54) is 7.05 Å². The topological polar surface area (TPSA) is 63.4 Å². The largest absolute Gasteiger partial charge is 0.361 e. The van der Waals surface area contributed by atoms with Gasteiger partial charge < -0.3 is 4.52 Å². The van der Waals surface area contributed by atoms with Gasteiger partial charge in [0.25, 0.3) is 0 Å². The molecule has 0 aliphatic rings. The quantitative estimate of drug-likeness (QED) is 0.867. The minimum absolute atomic E-state index is 0.102. The third-order valence-electron chi connectivity index (χ3n) is 2.64. The Morgan fingerprint density at radius 2 is 2.00 bits per heavy atom. The first-order valence-corrected chi connectivity index (χ1v) is 7.08. The highest BCUT2D eigenvalue weighted by atomic mass is 32.2. The molecule has 0 aliphatic carbocycles. The van der Waals surface area contributed by atoms with E-state index >= 15 is 0 Å². The van der Waals surface area contributed by atoms with Crippen molar-refractivity contribution in [1.29, 1.82) is 0 Å². The van der Waals surface area contributed by atoms with Crippen LogP contribution in [0.25, 0.3) is 0 Å². The summed E-state index contributed by atoms with van der Waals surface area (Å²) in [6, 6.07) is 3.84. The van der Waals surface area contributed by atoms with Gasteiger partial charge in [0, 0.05) is 13.1 Å². The molecule has 0 unspecified atom stereocenters. The van der Waals surface area contributed by atoms with Crippen LogP contribution in [0.2, 0.25) is 0 Å². The van der Waals surface area contributed by atoms with Crippen LogP contribution >= 0.6 is 0 Å². The van der Waals surface area contributed by atoms with Crippen molar-refractivity contribution >= 4 is 10.0 Å². The van der Waals surface area contributed by atoms with Crippen molar-refractivity contribution in [1.82, 2.24) is 9.46 Å². The molecule has 20 heavy (non-hydrogen) atoms. The predicted molar refractivity (Wildman–Crippen MR) is 66.3 cm³/mol. The molecule has 2 aromatic rings. The van der Waals surface area contributed by atoms with Crippen LogP contribution in [-0.4, -0.2) is 24.9 Å². The number of halogens is 2. The van der Waals surface area contributed by atoms with Crippen molar-refractivity contribution in [2.24, 2.45) is 0 Å². The van der Waals surface area contributed by atoms with Gasteiger partial charge in [-0.2, -0.15) is 4.31 Å². The number of rotatable bonds is 4. The first kappa shape index (κ1) is 14.6. The predicted octanol–water partition coefficient (Wildman–Crippen LogP) is 2.08. The first-order chi connectivity index (χ1) is 9.30. The van der Waals surface area contributed by atoms with Gasteiger partial charge in [-0.05, 0) is 25.1 Å². The van der Waals surface area contributed by atoms with Crippen LogP contribution in [0.3, 0.4) is 0 Å². The van der Waals surface area contributed by atoms with Gasteiger partial charge in [-0.25, -0.2) is 17.2 Å². The highest BCUT2D eigenvalue weighted by molar-refractivity contribution is 7.89. The minimum atomic E-state index is -4.14. The molecule has 1 aromatic carbocycles. The number of hydrogen-bond acceptors (Lipinski definition) is 4. The van der Waals surface area contributed by atoms with Crippen molar-refractivity contribution in [3.63, 3.8) is 0 Å². The van der Waals surface area contributed by atoms with Gasteiger partial charge in [0.15, 0.2) is 0 Å². The zero-order valence-electron chi connectivity index (χ0n) is 10.8. The summed E-state index contributed by atoms with van der Waals surface area (Å²) in [5, 5.41) is 3.65. The molecule has 1 aromatic heterocycles. The van der Waals surface area contributed by atoms with Crippen LogP contribution < -0.4 is 0 Å². The summed E-state index contributed by atoms with van der Waals surface area (Å²) in [5.41, 5.74) is 0.380. The number of aromatic nitrogens is 1. The van der Waals surface area contributed by atoms with Gasteiger partial charge in [0.2, 0.25) is 10.0 Å². The van der Waals surface area contributed by atoms with E-state index in [0.717, 1.165) is 16.4 Å². The van der Waals surface area contributed by atoms with E-state index in [0.29, 0.717) is 17.5 Å². The summed E-state index contributed by atoms with van der Waals surface area (Å²) in [5.74, 6) is -1.30. The Morgan fingerprint density at radius 3 is 2.60 bits per heavy atom. The van der Waals surface area contributed by atoms with Crippen molar-refractivity contribution in [3.8, 4) is 0 Å². The SMILES string of the molecule is Cc1cc(CN(C)S(=O)(=O)c2cc(F)ccc2F)no1. The molecule has 108 valence electrons. The normalized spacial score (nSPS) is 12.1. The van der Waals surface area contributed by atoms with E-state index in [1.807, 2.05) is 0 Å². The first-order valence-electron chi connectivity index (χ1n) is 5.64. The fraction of sp³-hybridized carbons (Fsp3) is 0.250. The number of nitrogens with zero attached hydrogens (tertiary/aromatic N) is 2. The smallest absolute Gasteiger partial charge is 0.246 e. The fourth-order valence-electron chi connectivity index (χ4n) is 1.65. The van der Waals surface area contributed by atoms with E-state index in [2.05, 4.69) is 5.16 Å². The van der Waals surface area contributed by atoms with E-state index < -0.39 is 26.6 Å². The molecule has 2 rings (SSSR count). The van der Waals surface area contributed by atoms with Crippen molar-refractivity contribution in [3.05, 3.63) is 47.4 Å². The average molecular weight is 302 g/mol. The lowest BCUT2D eigenvalue weighted by molar-refractivity contribution is 0.377. The Hall–Kier alpha value is -1.80. The lowest BCUT2D eigenvalue weighted by Crippen LogP contribution is -2.27. The van der Waals surface area contributed by atoms with E-state index in [9.17, 15) is 17.2 Å². The van der Waals surface area contributed by atoms with Gasteiger partial charge in [-0.3, -0.25) is 0 Å². The molecule has 1 heterocycles. The van der Waals surface area contributed by atoms with Gasteiger partial charge in [-0.15, -0.1) is 0 Å². The number of aryl methyl sites for hydroxylation is 1. The lowest BCUT2D eigenvalue weighted by atomic mass is 10.3. The average Bonchev–Trinajstić information content (AvgIpc) is 2.77. The Balaban J connectivity index is 2.32. The summed E-state index contributed by atoms with van der Waals surface area (Å²) < 4.78 is 56.7. The number of hydrogen-bond donors (Lipinski definition) is 0. The highest BCUT2D eigenvalue weighted by Crippen LogP contribution is 2.20. The molecule has 8 heteroatoms. The molecule has 0 fully saturated rings. The Labute approximate surface area is 114 Å². The Morgan fingerprint density at radius 1 is 1.30 bits per heavy atom. The molecule has 0 spiro atoms. The Bertz CT molecular complexity index is 728. The van der Waals surface area contributed by atoms with Crippen molar-refractivity contribution in [2.45, 2.75) is 18.4 Å².